The van der Waals surface area contributed by atoms with E-state index in [2.05, 4.69) is 14.7 Å². The van der Waals surface area contributed by atoms with E-state index in [0.717, 1.165) is 22.0 Å². The normalized spacial score (nSPS) is 10.9. The van der Waals surface area contributed by atoms with E-state index in [9.17, 15) is 5.11 Å². The van der Waals surface area contributed by atoms with Gasteiger partial charge in [0.15, 0.2) is 4.96 Å². The molecule has 3 aromatic rings. The molecule has 0 atom stereocenters. The first kappa shape index (κ1) is 11.1. The zero-order valence-electron chi connectivity index (χ0n) is 9.92. The van der Waals surface area contributed by atoms with Crippen LogP contribution in [0.4, 0.5) is 5.69 Å². The van der Waals surface area contributed by atoms with E-state index in [1.807, 2.05) is 30.6 Å². The molecule has 1 aromatic carbocycles. The van der Waals surface area contributed by atoms with Crippen LogP contribution in [-0.2, 0) is 6.54 Å². The minimum absolute atomic E-state index is 0.269. The number of benzene rings is 1. The van der Waals surface area contributed by atoms with Crippen molar-refractivity contribution in [3.05, 3.63) is 47.2 Å². The van der Waals surface area contributed by atoms with E-state index >= 15 is 0 Å². The van der Waals surface area contributed by atoms with Crippen LogP contribution in [0, 0.1) is 6.92 Å². The van der Waals surface area contributed by atoms with Gasteiger partial charge in [-0.1, -0.05) is 6.07 Å². The van der Waals surface area contributed by atoms with Crippen LogP contribution in [0.25, 0.3) is 4.96 Å². The van der Waals surface area contributed by atoms with Gasteiger partial charge in [0.05, 0.1) is 17.9 Å². The number of hydrogen-bond donors (Lipinski definition) is 2. The predicted octanol–water partition coefficient (Wildman–Crippen LogP) is 3.02. The van der Waals surface area contributed by atoms with Crippen LogP contribution in [0.2, 0.25) is 0 Å². The van der Waals surface area contributed by atoms with Crippen LogP contribution in [0.1, 0.15) is 11.4 Å². The maximum Gasteiger partial charge on any atom is 0.194 e. The number of imidazole rings is 1. The van der Waals surface area contributed by atoms with Gasteiger partial charge < -0.3 is 10.4 Å². The van der Waals surface area contributed by atoms with Gasteiger partial charge in [-0.2, -0.15) is 0 Å². The summed E-state index contributed by atoms with van der Waals surface area (Å²) in [4.78, 5) is 5.51. The highest BCUT2D eigenvalue weighted by Crippen LogP contribution is 2.20. The molecule has 0 aliphatic heterocycles. The number of aromatic hydroxyl groups is 1. The number of nitrogens with zero attached hydrogens (tertiary/aromatic N) is 2. The smallest absolute Gasteiger partial charge is 0.194 e. The summed E-state index contributed by atoms with van der Waals surface area (Å²) in [5.74, 6) is 0.269. The first-order valence-corrected chi connectivity index (χ1v) is 6.56. The van der Waals surface area contributed by atoms with Crippen molar-refractivity contribution in [2.24, 2.45) is 0 Å². The Kier molecular flexibility index (Phi) is 2.68. The van der Waals surface area contributed by atoms with E-state index in [1.54, 1.807) is 23.5 Å². The lowest BCUT2D eigenvalue weighted by Gasteiger charge is -2.06. The summed E-state index contributed by atoms with van der Waals surface area (Å²) in [7, 11) is 0. The van der Waals surface area contributed by atoms with Crippen LogP contribution in [0.5, 0.6) is 5.75 Å². The number of hydrogen-bond acceptors (Lipinski definition) is 4. The monoisotopic (exact) mass is 259 g/mol. The van der Waals surface area contributed by atoms with Crippen molar-refractivity contribution in [3.8, 4) is 5.75 Å². The molecule has 0 saturated carbocycles. The number of rotatable bonds is 3. The molecular formula is C13H13N3OS. The first-order chi connectivity index (χ1) is 8.74. The van der Waals surface area contributed by atoms with Gasteiger partial charge in [-0.15, -0.1) is 11.3 Å². The molecule has 2 N–H and O–H groups in total. The van der Waals surface area contributed by atoms with Crippen LogP contribution < -0.4 is 5.32 Å². The van der Waals surface area contributed by atoms with Crippen molar-refractivity contribution >= 4 is 22.0 Å². The Bertz CT molecular complexity index is 686. The topological polar surface area (TPSA) is 49.6 Å². The maximum absolute atomic E-state index is 9.41. The summed E-state index contributed by atoms with van der Waals surface area (Å²) in [5, 5.41) is 14.7. The van der Waals surface area contributed by atoms with Crippen LogP contribution in [0.15, 0.2) is 35.8 Å². The minimum atomic E-state index is 0.269. The quantitative estimate of drug-likeness (QED) is 0.760. The lowest BCUT2D eigenvalue weighted by atomic mass is 10.3. The second kappa shape index (κ2) is 4.34. The Morgan fingerprint density at radius 3 is 3.17 bits per heavy atom. The highest BCUT2D eigenvalue weighted by atomic mass is 32.1. The fourth-order valence-electron chi connectivity index (χ4n) is 1.96. The van der Waals surface area contributed by atoms with Crippen molar-refractivity contribution in [1.29, 1.82) is 0 Å². The van der Waals surface area contributed by atoms with Gasteiger partial charge >= 0.3 is 0 Å². The molecule has 0 aliphatic carbocycles. The highest BCUT2D eigenvalue weighted by Gasteiger charge is 2.08. The minimum Gasteiger partial charge on any atom is -0.508 e. The summed E-state index contributed by atoms with van der Waals surface area (Å²) in [6.07, 6.45) is 2.03. The molecule has 0 saturated heterocycles. The van der Waals surface area contributed by atoms with Gasteiger partial charge in [-0.25, -0.2) is 4.98 Å². The second-order valence-corrected chi connectivity index (χ2v) is 4.98. The van der Waals surface area contributed by atoms with E-state index in [0.29, 0.717) is 6.54 Å². The average molecular weight is 259 g/mol. The SMILES string of the molecule is Cc1nc2sccn2c1CNc1cccc(O)c1. The molecule has 0 radical (unpaired) electrons. The summed E-state index contributed by atoms with van der Waals surface area (Å²) in [5.41, 5.74) is 3.09. The molecule has 2 heterocycles. The van der Waals surface area contributed by atoms with Gasteiger partial charge in [-0.05, 0) is 19.1 Å². The molecule has 0 spiro atoms. The number of nitrogens with one attached hydrogen (secondary N) is 1. The molecular weight excluding hydrogens is 246 g/mol. The third-order valence-electron chi connectivity index (χ3n) is 2.87. The van der Waals surface area contributed by atoms with Gasteiger partial charge in [-0.3, -0.25) is 4.40 Å². The highest BCUT2D eigenvalue weighted by molar-refractivity contribution is 7.15. The Morgan fingerprint density at radius 2 is 2.33 bits per heavy atom. The molecule has 0 unspecified atom stereocenters. The molecule has 18 heavy (non-hydrogen) atoms. The van der Waals surface area contributed by atoms with Crippen molar-refractivity contribution in [2.75, 3.05) is 5.32 Å². The maximum atomic E-state index is 9.41. The van der Waals surface area contributed by atoms with Crippen molar-refractivity contribution in [3.63, 3.8) is 0 Å². The Balaban J connectivity index is 1.84. The molecule has 5 heteroatoms. The van der Waals surface area contributed by atoms with E-state index in [-0.39, 0.29) is 5.75 Å². The summed E-state index contributed by atoms with van der Waals surface area (Å²) in [6.45, 7) is 2.70. The molecule has 0 aliphatic rings. The molecule has 0 bridgehead atoms. The zero-order chi connectivity index (χ0) is 12.5. The summed E-state index contributed by atoms with van der Waals surface area (Å²) in [6, 6.07) is 7.12. The lowest BCUT2D eigenvalue weighted by Crippen LogP contribution is -2.03. The number of phenols is 1. The third-order valence-corrected chi connectivity index (χ3v) is 3.62. The number of aryl methyl sites for hydroxylation is 1. The fourth-order valence-corrected chi connectivity index (χ4v) is 2.73. The molecule has 92 valence electrons. The lowest BCUT2D eigenvalue weighted by molar-refractivity contribution is 0.475. The molecule has 4 nitrogen and oxygen atoms in total. The standard InChI is InChI=1S/C13H13N3OS/c1-9-12(16-5-6-18-13(16)15-9)8-14-10-3-2-4-11(17)7-10/h2-7,14,17H,8H2,1H3. The summed E-state index contributed by atoms with van der Waals surface area (Å²) >= 11 is 1.63. The van der Waals surface area contributed by atoms with Gasteiger partial charge in [0.25, 0.3) is 0 Å². The number of aromatic nitrogens is 2. The third kappa shape index (κ3) is 1.93. The van der Waals surface area contributed by atoms with E-state index in [1.165, 1.54) is 0 Å². The Hall–Kier alpha value is -2.01. The van der Waals surface area contributed by atoms with Gasteiger partial charge in [0.2, 0.25) is 0 Å². The average Bonchev–Trinajstić information content (AvgIpc) is 2.87. The van der Waals surface area contributed by atoms with E-state index < -0.39 is 0 Å². The predicted molar refractivity (Wildman–Crippen MR) is 73.2 cm³/mol. The van der Waals surface area contributed by atoms with Gasteiger partial charge in [0, 0.05) is 23.3 Å². The van der Waals surface area contributed by atoms with Crippen molar-refractivity contribution in [2.45, 2.75) is 13.5 Å². The number of anilines is 1. The number of fused-ring (bicyclic) bond motifs is 1. The van der Waals surface area contributed by atoms with E-state index in [4.69, 9.17) is 0 Å². The largest absolute Gasteiger partial charge is 0.508 e. The summed E-state index contributed by atoms with van der Waals surface area (Å²) < 4.78 is 2.09. The number of thiazole rings is 1. The number of phenolic OH excluding ortho intramolecular Hbond substituents is 1. The second-order valence-electron chi connectivity index (χ2n) is 4.10. The Morgan fingerprint density at radius 1 is 1.44 bits per heavy atom. The Labute approximate surface area is 109 Å². The van der Waals surface area contributed by atoms with Crippen LogP contribution in [0.3, 0.4) is 0 Å². The molecule has 3 rings (SSSR count). The van der Waals surface area contributed by atoms with Crippen LogP contribution in [-0.4, -0.2) is 14.5 Å². The zero-order valence-corrected chi connectivity index (χ0v) is 10.7. The fraction of sp³-hybridized carbons (Fsp3) is 0.154. The van der Waals surface area contributed by atoms with Crippen molar-refractivity contribution in [1.82, 2.24) is 9.38 Å². The first-order valence-electron chi connectivity index (χ1n) is 5.68. The van der Waals surface area contributed by atoms with Crippen molar-refractivity contribution < 1.29 is 5.11 Å². The molecule has 0 amide bonds. The molecule has 2 aromatic heterocycles. The molecule has 0 fully saturated rings. The van der Waals surface area contributed by atoms with Crippen LogP contribution >= 0.6 is 11.3 Å². The van der Waals surface area contributed by atoms with Gasteiger partial charge in [0.1, 0.15) is 5.75 Å².